The van der Waals surface area contributed by atoms with Crippen LogP contribution < -0.4 is 4.90 Å². The number of anilines is 1. The molecule has 0 fully saturated rings. The van der Waals surface area contributed by atoms with Crippen LogP contribution in [0.15, 0.2) is 47.4 Å². The smallest absolute Gasteiger partial charge is 0.261 e. The third-order valence-electron chi connectivity index (χ3n) is 4.14. The van der Waals surface area contributed by atoms with Crippen LogP contribution in [0.3, 0.4) is 0 Å². The van der Waals surface area contributed by atoms with E-state index < -0.39 is 0 Å². The standard InChI is InChI=1S/C20H22ClN3OS2.ClH/c1-23(2)11-6-12-24(19(25)15-7-4-5-8-17(15)26-3)20-22-16-10-9-14(21)13-18(16)27-20;/h4-5,7-10,13H,6,11-12H2,1-3H3;1H. The monoisotopic (exact) mass is 455 g/mol. The van der Waals surface area contributed by atoms with Gasteiger partial charge in [-0.3, -0.25) is 9.69 Å². The lowest BCUT2D eigenvalue weighted by Crippen LogP contribution is -2.33. The fourth-order valence-corrected chi connectivity index (χ4v) is 4.65. The first-order valence-corrected chi connectivity index (χ1v) is 11.1. The molecule has 0 atom stereocenters. The highest BCUT2D eigenvalue weighted by Gasteiger charge is 2.23. The first kappa shape index (κ1) is 23.0. The van der Waals surface area contributed by atoms with E-state index in [4.69, 9.17) is 16.6 Å². The van der Waals surface area contributed by atoms with Crippen molar-refractivity contribution in [3.8, 4) is 0 Å². The molecule has 28 heavy (non-hydrogen) atoms. The van der Waals surface area contributed by atoms with Gasteiger partial charge in [0.15, 0.2) is 5.13 Å². The lowest BCUT2D eigenvalue weighted by Gasteiger charge is -2.22. The lowest BCUT2D eigenvalue weighted by atomic mass is 10.2. The van der Waals surface area contributed by atoms with Gasteiger partial charge >= 0.3 is 0 Å². The van der Waals surface area contributed by atoms with E-state index in [0.29, 0.717) is 22.3 Å². The zero-order chi connectivity index (χ0) is 19.4. The van der Waals surface area contributed by atoms with Crippen molar-refractivity contribution in [2.24, 2.45) is 0 Å². The van der Waals surface area contributed by atoms with Crippen LogP contribution in [0.5, 0.6) is 0 Å². The van der Waals surface area contributed by atoms with Gasteiger partial charge < -0.3 is 4.90 Å². The molecule has 8 heteroatoms. The summed E-state index contributed by atoms with van der Waals surface area (Å²) in [5, 5.41) is 1.39. The minimum Gasteiger partial charge on any atom is -0.309 e. The predicted octanol–water partition coefficient (Wildman–Crippen LogP) is 5.69. The van der Waals surface area contributed by atoms with Crippen molar-refractivity contribution in [2.75, 3.05) is 38.3 Å². The van der Waals surface area contributed by atoms with E-state index >= 15 is 0 Å². The van der Waals surface area contributed by atoms with Crippen molar-refractivity contribution < 1.29 is 4.79 Å². The Balaban J connectivity index is 0.00000280. The normalized spacial score (nSPS) is 10.9. The highest BCUT2D eigenvalue weighted by molar-refractivity contribution is 7.98. The topological polar surface area (TPSA) is 36.4 Å². The number of aromatic nitrogens is 1. The number of hydrogen-bond donors (Lipinski definition) is 0. The van der Waals surface area contributed by atoms with Crippen LogP contribution in [-0.2, 0) is 0 Å². The summed E-state index contributed by atoms with van der Waals surface area (Å²) in [7, 11) is 4.07. The Morgan fingerprint density at radius 3 is 2.64 bits per heavy atom. The van der Waals surface area contributed by atoms with Gasteiger partial charge in [-0.25, -0.2) is 4.98 Å². The van der Waals surface area contributed by atoms with Crippen molar-refractivity contribution in [3.63, 3.8) is 0 Å². The number of rotatable bonds is 7. The van der Waals surface area contributed by atoms with E-state index in [2.05, 4.69) is 4.90 Å². The van der Waals surface area contributed by atoms with E-state index in [9.17, 15) is 4.79 Å². The van der Waals surface area contributed by atoms with Gasteiger partial charge in [0.25, 0.3) is 5.91 Å². The van der Waals surface area contributed by atoms with E-state index in [0.717, 1.165) is 28.1 Å². The number of carbonyl (C=O) groups is 1. The largest absolute Gasteiger partial charge is 0.309 e. The first-order valence-electron chi connectivity index (χ1n) is 8.65. The summed E-state index contributed by atoms with van der Waals surface area (Å²) >= 11 is 9.20. The van der Waals surface area contributed by atoms with Crippen molar-refractivity contribution in [3.05, 3.63) is 53.1 Å². The van der Waals surface area contributed by atoms with Gasteiger partial charge in [0.05, 0.1) is 15.8 Å². The molecule has 0 aliphatic carbocycles. The molecule has 0 saturated heterocycles. The summed E-state index contributed by atoms with van der Waals surface area (Å²) in [5.74, 6) is -0.0103. The van der Waals surface area contributed by atoms with Gasteiger partial charge in [0.2, 0.25) is 0 Å². The van der Waals surface area contributed by atoms with E-state index in [-0.39, 0.29) is 18.3 Å². The number of nitrogens with zero attached hydrogens (tertiary/aromatic N) is 3. The van der Waals surface area contributed by atoms with E-state index in [1.807, 2.05) is 62.8 Å². The maximum Gasteiger partial charge on any atom is 0.261 e. The highest BCUT2D eigenvalue weighted by Crippen LogP contribution is 2.32. The molecule has 3 rings (SSSR count). The zero-order valence-electron chi connectivity index (χ0n) is 16.0. The average molecular weight is 456 g/mol. The summed E-state index contributed by atoms with van der Waals surface area (Å²) in [4.78, 5) is 23.0. The molecule has 0 radical (unpaired) electrons. The number of thiazole rings is 1. The van der Waals surface area contributed by atoms with Crippen LogP contribution in [-0.4, -0.2) is 49.2 Å². The minimum absolute atomic E-state index is 0. The predicted molar refractivity (Wildman–Crippen MR) is 125 cm³/mol. The Kier molecular flexibility index (Phi) is 8.58. The summed E-state index contributed by atoms with van der Waals surface area (Å²) in [6.07, 6.45) is 2.86. The van der Waals surface area contributed by atoms with Crippen molar-refractivity contribution >= 4 is 68.4 Å². The van der Waals surface area contributed by atoms with E-state index in [1.165, 1.54) is 11.3 Å². The second-order valence-electron chi connectivity index (χ2n) is 6.42. The van der Waals surface area contributed by atoms with Crippen LogP contribution in [0.2, 0.25) is 5.02 Å². The SMILES string of the molecule is CSc1ccccc1C(=O)N(CCCN(C)C)c1nc2ccc(Cl)cc2s1.Cl. The van der Waals surface area contributed by atoms with Crippen molar-refractivity contribution in [2.45, 2.75) is 11.3 Å². The molecule has 0 unspecified atom stereocenters. The summed E-state index contributed by atoms with van der Waals surface area (Å²) in [5.41, 5.74) is 1.58. The molecular weight excluding hydrogens is 433 g/mol. The van der Waals surface area contributed by atoms with Gasteiger partial charge in [-0.1, -0.05) is 35.1 Å². The van der Waals surface area contributed by atoms with Gasteiger partial charge in [-0.2, -0.15) is 0 Å². The second kappa shape index (κ2) is 10.5. The molecule has 150 valence electrons. The fourth-order valence-electron chi connectivity index (χ4n) is 2.80. The van der Waals surface area contributed by atoms with Crippen molar-refractivity contribution in [1.29, 1.82) is 0 Å². The molecule has 0 aliphatic heterocycles. The average Bonchev–Trinajstić information content (AvgIpc) is 3.07. The number of thioether (sulfide) groups is 1. The Hall–Kier alpha value is -1.31. The molecule has 0 bridgehead atoms. The molecule has 0 saturated carbocycles. The van der Waals surface area contributed by atoms with E-state index in [1.54, 1.807) is 16.7 Å². The fraction of sp³-hybridized carbons (Fsp3) is 0.300. The third kappa shape index (κ3) is 5.39. The van der Waals surface area contributed by atoms with Crippen LogP contribution in [0.25, 0.3) is 10.2 Å². The Labute approximate surface area is 185 Å². The van der Waals surface area contributed by atoms with Gasteiger partial charge in [0, 0.05) is 16.5 Å². The van der Waals surface area contributed by atoms with Gasteiger partial charge in [-0.15, -0.1) is 24.2 Å². The summed E-state index contributed by atoms with van der Waals surface area (Å²) in [6, 6.07) is 13.4. The van der Waals surface area contributed by atoms with Gasteiger partial charge in [0.1, 0.15) is 0 Å². The molecule has 0 spiro atoms. The second-order valence-corrected chi connectivity index (χ2v) is 8.72. The Morgan fingerprint density at radius 2 is 1.93 bits per heavy atom. The van der Waals surface area contributed by atoms with Crippen LogP contribution >= 0.6 is 47.1 Å². The molecular formula is C20H23Cl2N3OS2. The Morgan fingerprint density at radius 1 is 1.18 bits per heavy atom. The van der Waals surface area contributed by atoms with Crippen LogP contribution in [0.1, 0.15) is 16.8 Å². The lowest BCUT2D eigenvalue weighted by molar-refractivity contribution is 0.0983. The molecule has 1 amide bonds. The molecule has 1 heterocycles. The maximum absolute atomic E-state index is 13.4. The number of carbonyl (C=O) groups excluding carboxylic acids is 1. The Bertz CT molecular complexity index is 946. The zero-order valence-corrected chi connectivity index (χ0v) is 19.2. The molecule has 0 N–H and O–H groups in total. The molecule has 0 aliphatic rings. The molecule has 2 aromatic carbocycles. The third-order valence-corrected chi connectivity index (χ3v) is 6.21. The van der Waals surface area contributed by atoms with Gasteiger partial charge in [-0.05, 0) is 63.6 Å². The molecule has 4 nitrogen and oxygen atoms in total. The summed E-state index contributed by atoms with van der Waals surface area (Å²) < 4.78 is 0.987. The number of amides is 1. The maximum atomic E-state index is 13.4. The number of fused-ring (bicyclic) bond motifs is 1. The number of benzene rings is 2. The minimum atomic E-state index is -0.0103. The highest BCUT2D eigenvalue weighted by atomic mass is 35.5. The van der Waals surface area contributed by atoms with Crippen LogP contribution in [0, 0.1) is 0 Å². The van der Waals surface area contributed by atoms with Crippen LogP contribution in [0.4, 0.5) is 5.13 Å². The first-order chi connectivity index (χ1) is 13.0. The molecule has 1 aromatic heterocycles. The summed E-state index contributed by atoms with van der Waals surface area (Å²) in [6.45, 7) is 1.53. The molecule has 3 aromatic rings. The number of hydrogen-bond acceptors (Lipinski definition) is 5. The number of halogens is 2. The van der Waals surface area contributed by atoms with Crippen molar-refractivity contribution in [1.82, 2.24) is 9.88 Å². The quantitative estimate of drug-likeness (QED) is 0.428.